The summed E-state index contributed by atoms with van der Waals surface area (Å²) in [7, 11) is -3.87. The van der Waals surface area contributed by atoms with Crippen molar-refractivity contribution in [3.8, 4) is 0 Å². The van der Waals surface area contributed by atoms with E-state index in [2.05, 4.69) is 0 Å². The van der Waals surface area contributed by atoms with E-state index in [1.165, 1.54) is 0 Å². The average Bonchev–Trinajstić information content (AvgIpc) is 2.98. The minimum absolute atomic E-state index is 0.258. The lowest BCUT2D eigenvalue weighted by atomic mass is 10.2. The standard InChI is InChI=1S/C10H13NO6S/c12-6-7-2-1-5-11(7)18(15,16)9-4-3-8(17-9)10(13)14/h3-4,7,12H,1-2,5-6H2,(H,13,14)/t7-/m1/s1. The maximum absolute atomic E-state index is 12.2. The summed E-state index contributed by atoms with van der Waals surface area (Å²) in [5.41, 5.74) is 0. The Morgan fingerprint density at radius 2 is 2.22 bits per heavy atom. The van der Waals surface area contributed by atoms with Crippen LogP contribution in [0.4, 0.5) is 0 Å². The fraction of sp³-hybridized carbons (Fsp3) is 0.500. The lowest BCUT2D eigenvalue weighted by molar-refractivity contribution is 0.0656. The Labute approximate surface area is 104 Å². The number of carboxylic acids is 1. The van der Waals surface area contributed by atoms with Gasteiger partial charge >= 0.3 is 5.97 Å². The lowest BCUT2D eigenvalue weighted by Crippen LogP contribution is -2.37. The zero-order chi connectivity index (χ0) is 13.3. The van der Waals surface area contributed by atoms with Gasteiger partial charge in [-0.1, -0.05) is 0 Å². The van der Waals surface area contributed by atoms with Crippen molar-refractivity contribution in [2.45, 2.75) is 24.0 Å². The molecule has 18 heavy (non-hydrogen) atoms. The van der Waals surface area contributed by atoms with E-state index in [4.69, 9.17) is 14.6 Å². The van der Waals surface area contributed by atoms with E-state index in [1.54, 1.807) is 0 Å². The molecule has 1 fully saturated rings. The van der Waals surface area contributed by atoms with E-state index in [1.807, 2.05) is 0 Å². The highest BCUT2D eigenvalue weighted by Gasteiger charge is 2.37. The molecule has 1 saturated heterocycles. The topological polar surface area (TPSA) is 108 Å². The van der Waals surface area contributed by atoms with Crippen molar-refractivity contribution in [1.29, 1.82) is 0 Å². The Morgan fingerprint density at radius 1 is 1.50 bits per heavy atom. The summed E-state index contributed by atoms with van der Waals surface area (Å²) >= 11 is 0. The normalized spacial score (nSPS) is 21.3. The van der Waals surface area contributed by atoms with Gasteiger partial charge in [0.25, 0.3) is 10.0 Å². The molecule has 0 radical (unpaired) electrons. The van der Waals surface area contributed by atoms with Crippen LogP contribution in [0.1, 0.15) is 23.4 Å². The number of aliphatic hydroxyl groups excluding tert-OH is 1. The van der Waals surface area contributed by atoms with Crippen LogP contribution in [-0.4, -0.2) is 48.1 Å². The van der Waals surface area contributed by atoms with Crippen molar-refractivity contribution >= 4 is 16.0 Å². The second-order valence-electron chi connectivity index (χ2n) is 4.02. The van der Waals surface area contributed by atoms with Crippen LogP contribution in [0.5, 0.6) is 0 Å². The van der Waals surface area contributed by atoms with Crippen LogP contribution in [0.25, 0.3) is 0 Å². The van der Waals surface area contributed by atoms with E-state index in [0.29, 0.717) is 19.4 Å². The number of carbonyl (C=O) groups is 1. The van der Waals surface area contributed by atoms with Gasteiger partial charge in [-0.25, -0.2) is 13.2 Å². The largest absolute Gasteiger partial charge is 0.475 e. The van der Waals surface area contributed by atoms with Gasteiger partial charge in [-0.2, -0.15) is 4.31 Å². The first-order valence-electron chi connectivity index (χ1n) is 5.42. The van der Waals surface area contributed by atoms with Gasteiger partial charge in [0, 0.05) is 12.6 Å². The molecule has 1 aromatic heterocycles. The van der Waals surface area contributed by atoms with Gasteiger partial charge in [0.2, 0.25) is 10.9 Å². The van der Waals surface area contributed by atoms with E-state index in [-0.39, 0.29) is 6.61 Å². The molecule has 1 aliphatic heterocycles. The fourth-order valence-electron chi connectivity index (χ4n) is 2.00. The number of rotatable bonds is 4. The summed E-state index contributed by atoms with van der Waals surface area (Å²) in [6.45, 7) is 0.0440. The third-order valence-corrected chi connectivity index (χ3v) is 4.72. The van der Waals surface area contributed by atoms with Gasteiger partial charge in [0.05, 0.1) is 6.61 Å². The fourth-order valence-corrected chi connectivity index (χ4v) is 3.60. The SMILES string of the molecule is O=C(O)c1ccc(S(=O)(=O)N2CCC[C@@H]2CO)o1. The first-order valence-corrected chi connectivity index (χ1v) is 6.86. The quantitative estimate of drug-likeness (QED) is 0.808. The number of hydrogen-bond acceptors (Lipinski definition) is 5. The molecule has 0 spiro atoms. The maximum Gasteiger partial charge on any atom is 0.371 e. The molecule has 1 aliphatic rings. The average molecular weight is 275 g/mol. The van der Waals surface area contributed by atoms with Crippen molar-refractivity contribution in [1.82, 2.24) is 4.31 Å². The highest BCUT2D eigenvalue weighted by molar-refractivity contribution is 7.89. The number of sulfonamides is 1. The van der Waals surface area contributed by atoms with Crippen molar-refractivity contribution in [2.24, 2.45) is 0 Å². The van der Waals surface area contributed by atoms with E-state index in [9.17, 15) is 13.2 Å². The molecule has 0 aliphatic carbocycles. The Morgan fingerprint density at radius 3 is 2.78 bits per heavy atom. The minimum atomic E-state index is -3.87. The highest BCUT2D eigenvalue weighted by Crippen LogP contribution is 2.26. The monoisotopic (exact) mass is 275 g/mol. The molecule has 2 rings (SSSR count). The van der Waals surface area contributed by atoms with Crippen LogP contribution in [0.3, 0.4) is 0 Å². The van der Waals surface area contributed by atoms with Crippen molar-refractivity contribution in [3.63, 3.8) is 0 Å². The number of carboxylic acid groups (broad SMARTS) is 1. The van der Waals surface area contributed by atoms with Crippen LogP contribution in [0.2, 0.25) is 0 Å². The number of aromatic carboxylic acids is 1. The Hall–Kier alpha value is -1.38. The summed E-state index contributed by atoms with van der Waals surface area (Å²) in [4.78, 5) is 10.6. The maximum atomic E-state index is 12.2. The molecule has 0 aromatic carbocycles. The van der Waals surface area contributed by atoms with Crippen LogP contribution >= 0.6 is 0 Å². The summed E-state index contributed by atoms with van der Waals surface area (Å²) < 4.78 is 30.3. The molecule has 0 unspecified atom stereocenters. The van der Waals surface area contributed by atoms with Crippen LogP contribution in [0, 0.1) is 0 Å². The lowest BCUT2D eigenvalue weighted by Gasteiger charge is -2.20. The number of aliphatic hydroxyl groups is 1. The zero-order valence-corrected chi connectivity index (χ0v) is 10.3. The first-order chi connectivity index (χ1) is 8.46. The molecule has 7 nitrogen and oxygen atoms in total. The number of furan rings is 1. The summed E-state index contributed by atoms with van der Waals surface area (Å²) in [5.74, 6) is -1.75. The van der Waals surface area contributed by atoms with E-state index >= 15 is 0 Å². The molecule has 1 aromatic rings. The number of hydrogen-bond donors (Lipinski definition) is 2. The van der Waals surface area contributed by atoms with Gasteiger partial charge in [-0.05, 0) is 25.0 Å². The molecular weight excluding hydrogens is 262 g/mol. The molecule has 1 atom stereocenters. The zero-order valence-electron chi connectivity index (χ0n) is 9.44. The second kappa shape index (κ2) is 4.71. The van der Waals surface area contributed by atoms with Gasteiger partial charge in [0.15, 0.2) is 0 Å². The van der Waals surface area contributed by atoms with Gasteiger partial charge < -0.3 is 14.6 Å². The molecular formula is C10H13NO6S. The smallest absolute Gasteiger partial charge is 0.371 e. The van der Waals surface area contributed by atoms with E-state index < -0.39 is 32.9 Å². The predicted octanol–water partition coefficient (Wildman–Crippen LogP) is 0.123. The summed E-state index contributed by atoms with van der Waals surface area (Å²) in [5, 5.41) is 17.4. The summed E-state index contributed by atoms with van der Waals surface area (Å²) in [6.07, 6.45) is 1.25. The minimum Gasteiger partial charge on any atom is -0.475 e. The predicted molar refractivity (Wildman–Crippen MR) is 59.7 cm³/mol. The molecule has 2 N–H and O–H groups in total. The molecule has 100 valence electrons. The van der Waals surface area contributed by atoms with Crippen LogP contribution < -0.4 is 0 Å². The highest BCUT2D eigenvalue weighted by atomic mass is 32.2. The Kier molecular flexibility index (Phi) is 3.42. The van der Waals surface area contributed by atoms with Gasteiger partial charge in [-0.15, -0.1) is 0 Å². The van der Waals surface area contributed by atoms with Crippen LogP contribution in [-0.2, 0) is 10.0 Å². The van der Waals surface area contributed by atoms with Crippen molar-refractivity contribution in [2.75, 3.05) is 13.2 Å². The van der Waals surface area contributed by atoms with Crippen LogP contribution in [0.15, 0.2) is 21.6 Å². The molecule has 2 heterocycles. The van der Waals surface area contributed by atoms with Gasteiger partial charge in [0.1, 0.15) is 0 Å². The second-order valence-corrected chi connectivity index (χ2v) is 5.84. The van der Waals surface area contributed by atoms with Crippen molar-refractivity contribution in [3.05, 3.63) is 17.9 Å². The van der Waals surface area contributed by atoms with E-state index in [0.717, 1.165) is 16.4 Å². The molecule has 8 heteroatoms. The molecule has 0 saturated carbocycles. The number of nitrogens with zero attached hydrogens (tertiary/aromatic N) is 1. The third kappa shape index (κ3) is 2.14. The molecule has 0 bridgehead atoms. The molecule has 0 amide bonds. The van der Waals surface area contributed by atoms with Crippen molar-refractivity contribution < 1.29 is 27.8 Å². The third-order valence-electron chi connectivity index (χ3n) is 2.89. The Balaban J connectivity index is 2.32. The first kappa shape index (κ1) is 13.1. The summed E-state index contributed by atoms with van der Waals surface area (Å²) in [6, 6.07) is 1.75. The Bertz CT molecular complexity index is 548. The van der Waals surface area contributed by atoms with Gasteiger partial charge in [-0.3, -0.25) is 0 Å².